The van der Waals surface area contributed by atoms with Crippen molar-refractivity contribution in [2.75, 3.05) is 0 Å². The van der Waals surface area contributed by atoms with E-state index in [9.17, 15) is 14.7 Å². The van der Waals surface area contributed by atoms with E-state index in [0.717, 1.165) is 11.3 Å². The lowest BCUT2D eigenvalue weighted by Crippen LogP contribution is -2.42. The number of hydrogen-bond donors (Lipinski definition) is 2. The van der Waals surface area contributed by atoms with Gasteiger partial charge in [0.05, 0.1) is 5.01 Å². The average Bonchev–Trinajstić information content (AvgIpc) is 2.91. The molecule has 1 unspecified atom stereocenters. The molecule has 1 heterocycles. The van der Waals surface area contributed by atoms with Crippen molar-refractivity contribution in [1.82, 2.24) is 10.3 Å². The molecule has 0 aliphatic heterocycles. The fourth-order valence-electron chi connectivity index (χ4n) is 1.78. The third-order valence-corrected chi connectivity index (χ3v) is 3.84. The van der Waals surface area contributed by atoms with E-state index in [1.807, 2.05) is 42.6 Å². The number of aliphatic carboxylic acids is 1. The van der Waals surface area contributed by atoms with Gasteiger partial charge in [0, 0.05) is 17.5 Å². The van der Waals surface area contributed by atoms with Gasteiger partial charge in [-0.05, 0) is 12.5 Å². The van der Waals surface area contributed by atoms with Crippen LogP contribution in [0, 0.1) is 6.92 Å². The fraction of sp³-hybridized carbons (Fsp3) is 0.267. The first-order valence-corrected chi connectivity index (χ1v) is 7.53. The van der Waals surface area contributed by atoms with Crippen LogP contribution in [0.1, 0.15) is 16.3 Å². The van der Waals surface area contributed by atoms with Gasteiger partial charge in [-0.15, -0.1) is 11.3 Å². The summed E-state index contributed by atoms with van der Waals surface area (Å²) in [6, 6.07) is 8.11. The van der Waals surface area contributed by atoms with Crippen molar-refractivity contribution in [3.05, 3.63) is 52.0 Å². The van der Waals surface area contributed by atoms with E-state index < -0.39 is 18.1 Å². The molecule has 116 valence electrons. The van der Waals surface area contributed by atoms with Crippen molar-refractivity contribution < 1.29 is 19.4 Å². The minimum absolute atomic E-state index is 0.0926. The second-order valence-corrected chi connectivity index (χ2v) is 5.63. The molecule has 2 N–H and O–H groups in total. The van der Waals surface area contributed by atoms with Crippen LogP contribution in [-0.4, -0.2) is 28.2 Å². The van der Waals surface area contributed by atoms with Crippen LogP contribution in [0.2, 0.25) is 0 Å². The zero-order valence-corrected chi connectivity index (χ0v) is 12.8. The zero-order chi connectivity index (χ0) is 15.9. The van der Waals surface area contributed by atoms with Gasteiger partial charge >= 0.3 is 12.1 Å². The summed E-state index contributed by atoms with van der Waals surface area (Å²) in [6.07, 6.45) is -0.626. The number of alkyl carbamates (subject to hydrolysis) is 1. The molecule has 2 aromatic rings. The van der Waals surface area contributed by atoms with Crippen LogP contribution in [0.5, 0.6) is 0 Å². The molecule has 22 heavy (non-hydrogen) atoms. The summed E-state index contributed by atoms with van der Waals surface area (Å²) in [5, 5.41) is 14.0. The van der Waals surface area contributed by atoms with Crippen LogP contribution in [0.15, 0.2) is 35.7 Å². The predicted octanol–water partition coefficient (Wildman–Crippen LogP) is 2.37. The molecule has 1 aromatic heterocycles. The average molecular weight is 320 g/mol. The first kappa shape index (κ1) is 16.0. The molecule has 0 saturated carbocycles. The van der Waals surface area contributed by atoms with Gasteiger partial charge in [-0.25, -0.2) is 14.6 Å². The number of rotatable bonds is 6. The Kier molecular flexibility index (Phi) is 5.48. The van der Waals surface area contributed by atoms with Crippen LogP contribution in [0.4, 0.5) is 4.79 Å². The number of aromatic nitrogens is 1. The van der Waals surface area contributed by atoms with E-state index in [2.05, 4.69) is 10.3 Å². The lowest BCUT2D eigenvalue weighted by atomic mass is 10.2. The van der Waals surface area contributed by atoms with Crippen LogP contribution in [-0.2, 0) is 22.6 Å². The van der Waals surface area contributed by atoms with E-state index >= 15 is 0 Å². The maximum Gasteiger partial charge on any atom is 0.408 e. The first-order chi connectivity index (χ1) is 10.5. The van der Waals surface area contributed by atoms with Crippen molar-refractivity contribution in [2.24, 2.45) is 0 Å². The number of carboxylic acids is 1. The number of nitrogens with zero attached hydrogens (tertiary/aromatic N) is 1. The highest BCUT2D eigenvalue weighted by Gasteiger charge is 2.22. The van der Waals surface area contributed by atoms with Gasteiger partial charge in [-0.1, -0.05) is 30.3 Å². The smallest absolute Gasteiger partial charge is 0.408 e. The number of amides is 1. The molecule has 0 aliphatic carbocycles. The Morgan fingerprint density at radius 3 is 2.68 bits per heavy atom. The van der Waals surface area contributed by atoms with Crippen LogP contribution in [0.25, 0.3) is 0 Å². The molecule has 0 radical (unpaired) electrons. The summed E-state index contributed by atoms with van der Waals surface area (Å²) < 4.78 is 5.02. The Labute approximate surface area is 131 Å². The molecule has 2 rings (SSSR count). The van der Waals surface area contributed by atoms with Gasteiger partial charge in [0.2, 0.25) is 0 Å². The number of carbonyl (C=O) groups excluding carboxylic acids is 1. The number of benzene rings is 1. The highest BCUT2D eigenvalue weighted by atomic mass is 32.1. The van der Waals surface area contributed by atoms with E-state index in [0.29, 0.717) is 5.01 Å². The Morgan fingerprint density at radius 2 is 2.09 bits per heavy atom. The number of carbonyl (C=O) groups is 2. The summed E-state index contributed by atoms with van der Waals surface area (Å²) in [4.78, 5) is 27.1. The van der Waals surface area contributed by atoms with E-state index in [1.54, 1.807) is 0 Å². The first-order valence-electron chi connectivity index (χ1n) is 6.65. The molecule has 0 fully saturated rings. The van der Waals surface area contributed by atoms with Crippen LogP contribution >= 0.6 is 11.3 Å². The monoisotopic (exact) mass is 320 g/mol. The van der Waals surface area contributed by atoms with Gasteiger partial charge in [0.15, 0.2) is 0 Å². The van der Waals surface area contributed by atoms with Gasteiger partial charge in [0.25, 0.3) is 0 Å². The van der Waals surface area contributed by atoms with E-state index in [1.165, 1.54) is 11.3 Å². The zero-order valence-electron chi connectivity index (χ0n) is 12.0. The second kappa shape index (κ2) is 7.56. The number of aryl methyl sites for hydroxylation is 1. The van der Waals surface area contributed by atoms with Gasteiger partial charge in [-0.3, -0.25) is 0 Å². The second-order valence-electron chi connectivity index (χ2n) is 4.68. The summed E-state index contributed by atoms with van der Waals surface area (Å²) in [5.41, 5.74) is 1.66. The Hall–Kier alpha value is -2.41. The van der Waals surface area contributed by atoms with Crippen LogP contribution < -0.4 is 5.32 Å². The minimum atomic E-state index is -1.12. The van der Waals surface area contributed by atoms with Gasteiger partial charge in [0.1, 0.15) is 12.6 Å². The van der Waals surface area contributed by atoms with E-state index in [4.69, 9.17) is 4.74 Å². The van der Waals surface area contributed by atoms with Crippen molar-refractivity contribution in [1.29, 1.82) is 0 Å². The predicted molar refractivity (Wildman–Crippen MR) is 81.7 cm³/mol. The normalized spacial score (nSPS) is 11.7. The SMILES string of the molecule is Cc1csc(CC(NC(=O)OCc2ccccc2)C(=O)O)n1. The van der Waals surface area contributed by atoms with Gasteiger partial charge < -0.3 is 15.2 Å². The molecule has 0 bridgehead atoms. The largest absolute Gasteiger partial charge is 0.480 e. The number of thiazole rings is 1. The highest BCUT2D eigenvalue weighted by molar-refractivity contribution is 7.09. The number of ether oxygens (including phenoxy) is 1. The number of carboxylic acid groups (broad SMARTS) is 1. The molecule has 0 aliphatic rings. The van der Waals surface area contributed by atoms with Crippen molar-refractivity contribution in [3.8, 4) is 0 Å². The summed E-state index contributed by atoms with van der Waals surface area (Å²) in [7, 11) is 0. The molecule has 7 heteroatoms. The number of nitrogens with one attached hydrogen (secondary N) is 1. The molecule has 1 amide bonds. The highest BCUT2D eigenvalue weighted by Crippen LogP contribution is 2.11. The standard InChI is InChI=1S/C15H16N2O4S/c1-10-9-22-13(16-10)7-12(14(18)19)17-15(20)21-8-11-5-3-2-4-6-11/h2-6,9,12H,7-8H2,1H3,(H,17,20)(H,18,19). The van der Waals surface area contributed by atoms with Crippen molar-refractivity contribution >= 4 is 23.4 Å². The van der Waals surface area contributed by atoms with Crippen molar-refractivity contribution in [2.45, 2.75) is 26.0 Å². The van der Waals surface area contributed by atoms with E-state index in [-0.39, 0.29) is 13.0 Å². The third kappa shape index (κ3) is 4.85. The third-order valence-electron chi connectivity index (χ3n) is 2.85. The molecule has 0 spiro atoms. The van der Waals surface area contributed by atoms with Crippen molar-refractivity contribution in [3.63, 3.8) is 0 Å². The summed E-state index contributed by atoms with van der Waals surface area (Å²) >= 11 is 1.37. The molecule has 1 atom stereocenters. The topological polar surface area (TPSA) is 88.5 Å². The number of hydrogen-bond acceptors (Lipinski definition) is 5. The van der Waals surface area contributed by atoms with Crippen LogP contribution in [0.3, 0.4) is 0 Å². The lowest BCUT2D eigenvalue weighted by molar-refractivity contribution is -0.139. The Morgan fingerprint density at radius 1 is 1.36 bits per heavy atom. The fourth-order valence-corrected chi connectivity index (χ4v) is 2.60. The molecule has 6 nitrogen and oxygen atoms in total. The lowest BCUT2D eigenvalue weighted by Gasteiger charge is -2.13. The molecular formula is C15H16N2O4S. The molecule has 1 aromatic carbocycles. The molecule has 0 saturated heterocycles. The molecular weight excluding hydrogens is 304 g/mol. The minimum Gasteiger partial charge on any atom is -0.480 e. The Balaban J connectivity index is 1.87. The van der Waals surface area contributed by atoms with Gasteiger partial charge in [-0.2, -0.15) is 0 Å². The maximum atomic E-state index is 11.7. The quantitative estimate of drug-likeness (QED) is 0.853. The summed E-state index contributed by atoms with van der Waals surface area (Å²) in [6.45, 7) is 1.92. The Bertz CT molecular complexity index is 642. The summed E-state index contributed by atoms with van der Waals surface area (Å²) in [5.74, 6) is -1.12. The maximum absolute atomic E-state index is 11.7.